The second-order valence-corrected chi connectivity index (χ2v) is 5.70. The van der Waals surface area contributed by atoms with Gasteiger partial charge < -0.3 is 15.4 Å². The van der Waals surface area contributed by atoms with Crippen LogP contribution in [0.2, 0.25) is 5.02 Å². The summed E-state index contributed by atoms with van der Waals surface area (Å²) in [4.78, 5) is 23.8. The molecule has 2 N–H and O–H groups in total. The molecular formula is C18H18ClFN2O3. The molecule has 0 heterocycles. The number of ether oxygens (including phenoxy) is 1. The highest BCUT2D eigenvalue weighted by Crippen LogP contribution is 2.25. The van der Waals surface area contributed by atoms with Gasteiger partial charge in [0.25, 0.3) is 5.91 Å². The van der Waals surface area contributed by atoms with E-state index in [0.29, 0.717) is 29.2 Å². The van der Waals surface area contributed by atoms with E-state index in [4.69, 9.17) is 16.3 Å². The number of carbonyl (C=O) groups excluding carboxylic acids is 2. The Labute approximate surface area is 150 Å². The van der Waals surface area contributed by atoms with Crippen molar-refractivity contribution >= 4 is 29.1 Å². The molecule has 0 radical (unpaired) electrons. The molecule has 0 atom stereocenters. The fraction of sp³-hybridized carbons (Fsp3) is 0.222. The molecule has 0 bridgehead atoms. The standard InChI is InChI=1S/C18H18ClFN2O3/c1-25-16-11-14(20)8-9-15(16)22-17(23)3-2-10-21-18(24)12-4-6-13(19)7-5-12/h4-9,11H,2-3,10H2,1H3,(H,21,24)(H,22,23). The fourth-order valence-electron chi connectivity index (χ4n) is 2.14. The van der Waals surface area contributed by atoms with E-state index in [1.54, 1.807) is 24.3 Å². The summed E-state index contributed by atoms with van der Waals surface area (Å²) >= 11 is 5.77. The molecule has 25 heavy (non-hydrogen) atoms. The number of amides is 2. The average Bonchev–Trinajstić information content (AvgIpc) is 2.60. The lowest BCUT2D eigenvalue weighted by molar-refractivity contribution is -0.116. The predicted molar refractivity (Wildman–Crippen MR) is 94.6 cm³/mol. The summed E-state index contributed by atoms with van der Waals surface area (Å²) in [5.74, 6) is -0.660. The van der Waals surface area contributed by atoms with Crippen LogP contribution in [0.3, 0.4) is 0 Å². The Morgan fingerprint density at radius 2 is 1.88 bits per heavy atom. The molecule has 0 saturated heterocycles. The van der Waals surface area contributed by atoms with E-state index in [1.807, 2.05) is 0 Å². The number of rotatable bonds is 7. The van der Waals surface area contributed by atoms with Crippen LogP contribution in [-0.4, -0.2) is 25.5 Å². The van der Waals surface area contributed by atoms with Crippen LogP contribution >= 0.6 is 11.6 Å². The maximum Gasteiger partial charge on any atom is 0.251 e. The van der Waals surface area contributed by atoms with E-state index in [9.17, 15) is 14.0 Å². The second-order valence-electron chi connectivity index (χ2n) is 5.26. The van der Waals surface area contributed by atoms with E-state index in [1.165, 1.54) is 25.3 Å². The van der Waals surface area contributed by atoms with E-state index in [2.05, 4.69) is 10.6 Å². The minimum atomic E-state index is -0.445. The van der Waals surface area contributed by atoms with Gasteiger partial charge in [0.05, 0.1) is 12.8 Å². The van der Waals surface area contributed by atoms with Gasteiger partial charge in [0.2, 0.25) is 5.91 Å². The maximum atomic E-state index is 13.1. The first-order valence-electron chi connectivity index (χ1n) is 7.67. The van der Waals surface area contributed by atoms with Crippen LogP contribution < -0.4 is 15.4 Å². The Balaban J connectivity index is 1.75. The molecule has 0 aliphatic rings. The van der Waals surface area contributed by atoms with Gasteiger partial charge in [-0.15, -0.1) is 0 Å². The van der Waals surface area contributed by atoms with Crippen LogP contribution in [0.1, 0.15) is 23.2 Å². The highest BCUT2D eigenvalue weighted by atomic mass is 35.5. The van der Waals surface area contributed by atoms with Crippen molar-refractivity contribution in [2.24, 2.45) is 0 Å². The number of benzene rings is 2. The van der Waals surface area contributed by atoms with Gasteiger partial charge in [0.1, 0.15) is 11.6 Å². The van der Waals surface area contributed by atoms with Crippen molar-refractivity contribution in [1.82, 2.24) is 5.32 Å². The Morgan fingerprint density at radius 1 is 1.16 bits per heavy atom. The molecule has 132 valence electrons. The first-order valence-corrected chi connectivity index (χ1v) is 8.04. The van der Waals surface area contributed by atoms with Gasteiger partial charge in [0, 0.05) is 29.6 Å². The first-order chi connectivity index (χ1) is 12.0. The third kappa shape index (κ3) is 5.76. The molecule has 2 aromatic rings. The van der Waals surface area contributed by atoms with Gasteiger partial charge in [-0.2, -0.15) is 0 Å². The molecule has 2 amide bonds. The largest absolute Gasteiger partial charge is 0.494 e. The summed E-state index contributed by atoms with van der Waals surface area (Å²) in [5, 5.41) is 5.95. The highest BCUT2D eigenvalue weighted by Gasteiger charge is 2.09. The van der Waals surface area contributed by atoms with Crippen molar-refractivity contribution in [2.45, 2.75) is 12.8 Å². The second kappa shape index (κ2) is 9.03. The molecule has 0 aliphatic carbocycles. The third-order valence-corrected chi connectivity index (χ3v) is 3.66. The van der Waals surface area contributed by atoms with Crippen molar-refractivity contribution in [3.8, 4) is 5.75 Å². The molecule has 0 saturated carbocycles. The third-order valence-electron chi connectivity index (χ3n) is 3.41. The van der Waals surface area contributed by atoms with E-state index in [-0.39, 0.29) is 24.0 Å². The van der Waals surface area contributed by atoms with E-state index < -0.39 is 5.82 Å². The number of halogens is 2. The number of methoxy groups -OCH3 is 1. The molecule has 0 spiro atoms. The van der Waals surface area contributed by atoms with E-state index in [0.717, 1.165) is 0 Å². The van der Waals surface area contributed by atoms with Crippen molar-refractivity contribution in [2.75, 3.05) is 19.0 Å². The summed E-state index contributed by atoms with van der Waals surface area (Å²) in [6.45, 7) is 0.357. The molecule has 7 heteroatoms. The number of anilines is 1. The number of nitrogens with one attached hydrogen (secondary N) is 2. The monoisotopic (exact) mass is 364 g/mol. The molecule has 0 aromatic heterocycles. The Bertz CT molecular complexity index is 750. The smallest absolute Gasteiger partial charge is 0.251 e. The Kier molecular flexibility index (Phi) is 6.77. The van der Waals surface area contributed by atoms with Crippen molar-refractivity contribution in [1.29, 1.82) is 0 Å². The maximum absolute atomic E-state index is 13.1. The van der Waals surface area contributed by atoms with E-state index >= 15 is 0 Å². The minimum Gasteiger partial charge on any atom is -0.494 e. The zero-order chi connectivity index (χ0) is 18.2. The lowest BCUT2D eigenvalue weighted by Gasteiger charge is -2.10. The predicted octanol–water partition coefficient (Wildman–Crippen LogP) is 3.64. The minimum absolute atomic E-state index is 0.210. The Morgan fingerprint density at radius 3 is 2.56 bits per heavy atom. The molecule has 5 nitrogen and oxygen atoms in total. The zero-order valence-electron chi connectivity index (χ0n) is 13.6. The summed E-state index contributed by atoms with van der Waals surface area (Å²) < 4.78 is 18.1. The van der Waals surface area contributed by atoms with Gasteiger partial charge >= 0.3 is 0 Å². The van der Waals surface area contributed by atoms with Crippen LogP contribution in [-0.2, 0) is 4.79 Å². The number of hydrogen-bond donors (Lipinski definition) is 2. The number of carbonyl (C=O) groups is 2. The zero-order valence-corrected chi connectivity index (χ0v) is 14.4. The van der Waals surface area contributed by atoms with Crippen LogP contribution in [0.4, 0.5) is 10.1 Å². The molecule has 0 aliphatic heterocycles. The molecule has 2 rings (SSSR count). The van der Waals surface area contributed by atoms with Crippen molar-refractivity contribution in [3.05, 3.63) is 58.9 Å². The average molecular weight is 365 g/mol. The normalized spacial score (nSPS) is 10.2. The highest BCUT2D eigenvalue weighted by molar-refractivity contribution is 6.30. The quantitative estimate of drug-likeness (QED) is 0.737. The topological polar surface area (TPSA) is 67.4 Å². The SMILES string of the molecule is COc1cc(F)ccc1NC(=O)CCCNC(=O)c1ccc(Cl)cc1. The summed E-state index contributed by atoms with van der Waals surface area (Å²) in [5.41, 5.74) is 0.906. The number of hydrogen-bond acceptors (Lipinski definition) is 3. The lowest BCUT2D eigenvalue weighted by atomic mass is 10.2. The van der Waals surface area contributed by atoms with Gasteiger partial charge in [-0.05, 0) is 42.8 Å². The van der Waals surface area contributed by atoms with Crippen LogP contribution in [0, 0.1) is 5.82 Å². The van der Waals surface area contributed by atoms with Gasteiger partial charge in [-0.1, -0.05) is 11.6 Å². The van der Waals surface area contributed by atoms with Crippen LogP contribution in [0.25, 0.3) is 0 Å². The molecule has 2 aromatic carbocycles. The summed E-state index contributed by atoms with van der Waals surface area (Å²) in [6.07, 6.45) is 0.677. The fourth-order valence-corrected chi connectivity index (χ4v) is 2.26. The van der Waals surface area contributed by atoms with Crippen LogP contribution in [0.5, 0.6) is 5.75 Å². The molecule has 0 fully saturated rings. The van der Waals surface area contributed by atoms with Crippen LogP contribution in [0.15, 0.2) is 42.5 Å². The van der Waals surface area contributed by atoms with Crippen molar-refractivity contribution < 1.29 is 18.7 Å². The summed E-state index contributed by atoms with van der Waals surface area (Å²) in [7, 11) is 1.40. The lowest BCUT2D eigenvalue weighted by Crippen LogP contribution is -2.25. The van der Waals surface area contributed by atoms with Gasteiger partial charge in [-0.25, -0.2) is 4.39 Å². The summed E-state index contributed by atoms with van der Waals surface area (Å²) in [6, 6.07) is 10.4. The van der Waals surface area contributed by atoms with Gasteiger partial charge in [-0.3, -0.25) is 9.59 Å². The molecular weight excluding hydrogens is 347 g/mol. The molecule has 0 unspecified atom stereocenters. The first kappa shape index (κ1) is 18.7. The van der Waals surface area contributed by atoms with Crippen molar-refractivity contribution in [3.63, 3.8) is 0 Å². The Hall–Kier alpha value is -2.60. The van der Waals surface area contributed by atoms with Gasteiger partial charge in [0.15, 0.2) is 0 Å².